The Morgan fingerprint density at radius 3 is 2.28 bits per heavy atom. The van der Waals surface area contributed by atoms with E-state index in [0.717, 1.165) is 4.57 Å². The zero-order valence-electron chi connectivity index (χ0n) is 19.2. The summed E-state index contributed by atoms with van der Waals surface area (Å²) in [6, 6.07) is 14.1. The van der Waals surface area contributed by atoms with Crippen LogP contribution in [0.4, 0.5) is 0 Å². The van der Waals surface area contributed by atoms with E-state index in [-0.39, 0.29) is 5.56 Å². The minimum atomic E-state index is -1.72. The number of benzene rings is 2. The highest BCUT2D eigenvalue weighted by molar-refractivity contribution is 5.89. The summed E-state index contributed by atoms with van der Waals surface area (Å²) in [4.78, 5) is 39.7. The molecule has 0 saturated carbocycles. The molecule has 5 N–H and O–H groups in total. The Labute approximate surface area is 204 Å². The molecule has 0 spiro atoms. The van der Waals surface area contributed by atoms with E-state index < -0.39 is 53.8 Å². The molecule has 2 aliphatic rings. The van der Waals surface area contributed by atoms with Crippen molar-refractivity contribution in [3.63, 3.8) is 0 Å². The van der Waals surface area contributed by atoms with Crippen molar-refractivity contribution in [1.82, 2.24) is 14.9 Å². The fourth-order valence-electron chi connectivity index (χ4n) is 4.65. The molecule has 11 nitrogen and oxygen atoms in total. The van der Waals surface area contributed by atoms with Crippen molar-refractivity contribution < 1.29 is 29.6 Å². The smallest absolute Gasteiger partial charge is 0.330 e. The quantitative estimate of drug-likeness (QED) is 0.311. The molecule has 36 heavy (non-hydrogen) atoms. The third kappa shape index (κ3) is 4.01. The molecule has 5 rings (SSSR count). The summed E-state index contributed by atoms with van der Waals surface area (Å²) < 4.78 is 12.5. The van der Waals surface area contributed by atoms with Crippen molar-refractivity contribution in [1.29, 1.82) is 0 Å². The number of hydrogen-bond donors (Lipinski definition) is 5. The van der Waals surface area contributed by atoms with E-state index in [1.807, 2.05) is 0 Å². The highest BCUT2D eigenvalue weighted by atomic mass is 16.6. The zero-order chi connectivity index (χ0) is 25.6. The molecule has 0 aliphatic carbocycles. The SMILES string of the molecule is CCc1cn([C@@H]2O[C@H](C(O)NC(=O)C3c4ccccc4Oc4ccccc43)[C@@H](O)[C@H]2O)c(=O)[nH]c1=O. The molecule has 1 unspecified atom stereocenters. The highest BCUT2D eigenvalue weighted by Crippen LogP contribution is 2.44. The first-order chi connectivity index (χ1) is 17.3. The van der Waals surface area contributed by atoms with E-state index in [1.54, 1.807) is 55.5 Å². The van der Waals surface area contributed by atoms with Gasteiger partial charge >= 0.3 is 5.69 Å². The summed E-state index contributed by atoms with van der Waals surface area (Å²) in [5.74, 6) is -0.381. The maximum Gasteiger partial charge on any atom is 0.330 e. The Morgan fingerprint density at radius 1 is 1.06 bits per heavy atom. The van der Waals surface area contributed by atoms with E-state index in [9.17, 15) is 29.7 Å². The molecule has 3 aromatic rings. The average Bonchev–Trinajstić information content (AvgIpc) is 3.16. The lowest BCUT2D eigenvalue weighted by Gasteiger charge is -2.29. The number of H-pyrrole nitrogens is 1. The third-order valence-corrected chi connectivity index (χ3v) is 6.52. The van der Waals surface area contributed by atoms with Crippen molar-refractivity contribution in [2.24, 2.45) is 0 Å². The Kier molecular flexibility index (Phi) is 6.22. The molecule has 0 radical (unpaired) electrons. The molecular formula is C25H25N3O8. The summed E-state index contributed by atoms with van der Waals surface area (Å²) in [6.07, 6.45) is -6.26. The number of ether oxygens (including phenoxy) is 2. The Bertz CT molecular complexity index is 1370. The number of aromatic nitrogens is 2. The second-order valence-electron chi connectivity index (χ2n) is 8.71. The van der Waals surface area contributed by atoms with Crippen LogP contribution in [0, 0.1) is 0 Å². The average molecular weight is 495 g/mol. The van der Waals surface area contributed by atoms with E-state index in [1.165, 1.54) is 6.20 Å². The fraction of sp³-hybridized carbons (Fsp3) is 0.320. The van der Waals surface area contributed by atoms with Crippen LogP contribution in [0.2, 0.25) is 0 Å². The van der Waals surface area contributed by atoms with Crippen LogP contribution in [0.3, 0.4) is 0 Å². The van der Waals surface area contributed by atoms with E-state index >= 15 is 0 Å². The van der Waals surface area contributed by atoms with E-state index in [0.29, 0.717) is 29.0 Å². The molecule has 3 heterocycles. The number of hydrogen-bond acceptors (Lipinski definition) is 8. The van der Waals surface area contributed by atoms with E-state index in [4.69, 9.17) is 9.47 Å². The Hall–Kier alpha value is -3.77. The van der Waals surface area contributed by atoms with Crippen molar-refractivity contribution >= 4 is 5.91 Å². The monoisotopic (exact) mass is 495 g/mol. The molecule has 5 atom stereocenters. The number of amides is 1. The lowest BCUT2D eigenvalue weighted by molar-refractivity contribution is -0.133. The number of aliphatic hydroxyl groups is 3. The number of aromatic amines is 1. The summed E-state index contributed by atoms with van der Waals surface area (Å²) >= 11 is 0. The molecule has 2 aliphatic heterocycles. The predicted molar refractivity (Wildman–Crippen MR) is 126 cm³/mol. The molecule has 1 aromatic heterocycles. The lowest BCUT2D eigenvalue weighted by atomic mass is 9.87. The number of carbonyl (C=O) groups is 1. The molecule has 0 bridgehead atoms. The fourth-order valence-corrected chi connectivity index (χ4v) is 4.65. The summed E-state index contributed by atoms with van der Waals surface area (Å²) in [7, 11) is 0. The van der Waals surface area contributed by atoms with Crippen molar-refractivity contribution in [2.75, 3.05) is 0 Å². The first-order valence-corrected chi connectivity index (χ1v) is 11.5. The van der Waals surface area contributed by atoms with Gasteiger partial charge in [-0.05, 0) is 18.6 Å². The molecule has 188 valence electrons. The molecule has 1 amide bonds. The van der Waals surface area contributed by atoms with Crippen molar-refractivity contribution in [2.45, 2.75) is 50.0 Å². The van der Waals surface area contributed by atoms with Crippen LogP contribution in [-0.4, -0.2) is 55.3 Å². The Morgan fingerprint density at radius 2 is 1.67 bits per heavy atom. The first-order valence-electron chi connectivity index (χ1n) is 11.5. The van der Waals surface area contributed by atoms with Crippen molar-refractivity contribution in [3.05, 3.63) is 92.3 Å². The van der Waals surface area contributed by atoms with Gasteiger partial charge in [0.25, 0.3) is 5.56 Å². The molecular weight excluding hydrogens is 470 g/mol. The predicted octanol–water partition coefficient (Wildman–Crippen LogP) is 0.0906. The number of fused-ring (bicyclic) bond motifs is 2. The van der Waals surface area contributed by atoms with Gasteiger partial charge in [-0.25, -0.2) is 4.79 Å². The summed E-state index contributed by atoms with van der Waals surface area (Å²) in [6.45, 7) is 1.72. The van der Waals surface area contributed by atoms with Crippen LogP contribution < -0.4 is 21.3 Å². The van der Waals surface area contributed by atoms with Gasteiger partial charge in [0, 0.05) is 22.9 Å². The second kappa shape index (κ2) is 9.36. The van der Waals surface area contributed by atoms with Crippen LogP contribution in [0.15, 0.2) is 64.3 Å². The molecule has 1 fully saturated rings. The number of rotatable bonds is 5. The van der Waals surface area contributed by atoms with Gasteiger partial charge in [0.2, 0.25) is 5.91 Å². The van der Waals surface area contributed by atoms with Crippen LogP contribution >= 0.6 is 0 Å². The van der Waals surface area contributed by atoms with Gasteiger partial charge in [-0.2, -0.15) is 0 Å². The topological polar surface area (TPSA) is 163 Å². The maximum absolute atomic E-state index is 13.4. The number of carbonyl (C=O) groups excluding carboxylic acids is 1. The van der Waals surface area contributed by atoms with Crippen LogP contribution in [-0.2, 0) is 16.0 Å². The molecule has 1 saturated heterocycles. The first kappa shape index (κ1) is 23.9. The van der Waals surface area contributed by atoms with Gasteiger partial charge in [-0.15, -0.1) is 0 Å². The van der Waals surface area contributed by atoms with Crippen molar-refractivity contribution in [3.8, 4) is 11.5 Å². The number of aliphatic hydroxyl groups excluding tert-OH is 3. The van der Waals surface area contributed by atoms with Gasteiger partial charge in [0.1, 0.15) is 29.8 Å². The zero-order valence-corrected chi connectivity index (χ0v) is 19.2. The van der Waals surface area contributed by atoms with Crippen LogP contribution in [0.1, 0.15) is 35.8 Å². The summed E-state index contributed by atoms with van der Waals surface area (Å²) in [5, 5.41) is 34.4. The van der Waals surface area contributed by atoms with Gasteiger partial charge in [0.05, 0.1) is 5.92 Å². The summed E-state index contributed by atoms with van der Waals surface area (Å²) in [5.41, 5.74) is 0.0573. The van der Waals surface area contributed by atoms with Gasteiger partial charge in [0.15, 0.2) is 12.5 Å². The van der Waals surface area contributed by atoms with E-state index in [2.05, 4.69) is 10.3 Å². The number of nitrogens with zero attached hydrogens (tertiary/aromatic N) is 1. The minimum absolute atomic E-state index is 0.272. The maximum atomic E-state index is 13.4. The lowest BCUT2D eigenvalue weighted by Crippen LogP contribution is -2.50. The number of para-hydroxylation sites is 2. The van der Waals surface area contributed by atoms with Gasteiger partial charge < -0.3 is 30.1 Å². The number of aryl methyl sites for hydroxylation is 1. The Balaban J connectivity index is 1.39. The number of nitrogens with one attached hydrogen (secondary N) is 2. The van der Waals surface area contributed by atoms with Crippen LogP contribution in [0.5, 0.6) is 11.5 Å². The van der Waals surface area contributed by atoms with Gasteiger partial charge in [-0.1, -0.05) is 43.3 Å². The normalized spacial score (nSPS) is 23.9. The second-order valence-corrected chi connectivity index (χ2v) is 8.71. The van der Waals surface area contributed by atoms with Crippen LogP contribution in [0.25, 0.3) is 0 Å². The molecule has 2 aromatic carbocycles. The van der Waals surface area contributed by atoms with Gasteiger partial charge in [-0.3, -0.25) is 19.1 Å². The minimum Gasteiger partial charge on any atom is -0.457 e. The molecule has 11 heteroatoms. The standard InChI is InChI=1S/C25H25N3O8/c1-2-12-11-28(25(34)27-21(12)31)24-19(30)18(29)20(36-24)23(33)26-22(32)17-13-7-3-5-9-15(13)35-16-10-6-4-8-14(16)17/h3-11,17-20,23-24,29-30,33H,2H2,1H3,(H,26,32)(H,27,31,34)/t18-,19+,20-,23?,24+/m0/s1. The third-order valence-electron chi connectivity index (χ3n) is 6.52. The highest BCUT2D eigenvalue weighted by Gasteiger charge is 2.48. The largest absolute Gasteiger partial charge is 0.457 e.